The van der Waals surface area contributed by atoms with Crippen molar-refractivity contribution in [1.29, 1.82) is 0 Å². The summed E-state index contributed by atoms with van der Waals surface area (Å²) in [6, 6.07) is 0. The van der Waals surface area contributed by atoms with E-state index in [1.165, 1.54) is 0 Å². The average molecular weight is 150 g/mol. The lowest BCUT2D eigenvalue weighted by Crippen LogP contribution is -1.91. The van der Waals surface area contributed by atoms with Gasteiger partial charge in [-0.25, -0.2) is 0 Å². The topological polar surface area (TPSA) is 17.1 Å². The number of allylic oxidation sites excluding steroid dienone is 4. The first-order valence-corrected chi connectivity index (χ1v) is 4.24. The van der Waals surface area contributed by atoms with Crippen LogP contribution in [0.25, 0.3) is 0 Å². The number of Topliss-reactive ketones (excluding diaryl/α,β-unsaturated/α-hetero) is 1. The van der Waals surface area contributed by atoms with Crippen LogP contribution in [-0.2, 0) is 4.79 Å². The van der Waals surface area contributed by atoms with Gasteiger partial charge in [-0.15, -0.1) is 0 Å². The van der Waals surface area contributed by atoms with Gasteiger partial charge >= 0.3 is 0 Å². The molecule has 0 aromatic rings. The molecule has 1 heteroatoms. The molecule has 0 radical (unpaired) electrons. The molecule has 0 amide bonds. The molecular formula is C10H14O. The van der Waals surface area contributed by atoms with Gasteiger partial charge in [0.2, 0.25) is 0 Å². The van der Waals surface area contributed by atoms with Gasteiger partial charge in [0.05, 0.1) is 0 Å². The van der Waals surface area contributed by atoms with Crippen molar-refractivity contribution in [2.24, 2.45) is 0 Å². The Balaban J connectivity index is 2.42. The molecule has 0 aromatic carbocycles. The minimum absolute atomic E-state index is 0.303. The van der Waals surface area contributed by atoms with E-state index in [4.69, 9.17) is 0 Å². The van der Waals surface area contributed by atoms with E-state index in [1.807, 2.05) is 12.2 Å². The summed E-state index contributed by atoms with van der Waals surface area (Å²) in [6.07, 6.45) is 9.93. The highest BCUT2D eigenvalue weighted by molar-refractivity contribution is 6.00. The van der Waals surface area contributed by atoms with Crippen molar-refractivity contribution in [2.75, 3.05) is 0 Å². The SMILES string of the molecule is CCC/C=C\C1=CCCC1=O. The fourth-order valence-corrected chi connectivity index (χ4v) is 1.15. The van der Waals surface area contributed by atoms with Crippen LogP contribution in [0.4, 0.5) is 0 Å². The van der Waals surface area contributed by atoms with Gasteiger partial charge in [0.25, 0.3) is 0 Å². The Morgan fingerprint density at radius 1 is 1.64 bits per heavy atom. The van der Waals surface area contributed by atoms with Crippen LogP contribution in [-0.4, -0.2) is 5.78 Å². The number of rotatable bonds is 3. The summed E-state index contributed by atoms with van der Waals surface area (Å²) in [5, 5.41) is 0. The normalized spacial score (nSPS) is 17.9. The van der Waals surface area contributed by atoms with Crippen LogP contribution in [0.1, 0.15) is 32.6 Å². The average Bonchev–Trinajstić information content (AvgIpc) is 2.37. The van der Waals surface area contributed by atoms with Crippen molar-refractivity contribution >= 4 is 5.78 Å². The number of carbonyl (C=O) groups is 1. The highest BCUT2D eigenvalue weighted by Gasteiger charge is 2.10. The number of hydrogen-bond acceptors (Lipinski definition) is 1. The molecule has 11 heavy (non-hydrogen) atoms. The van der Waals surface area contributed by atoms with E-state index in [0.717, 1.165) is 24.8 Å². The quantitative estimate of drug-likeness (QED) is 0.604. The van der Waals surface area contributed by atoms with Gasteiger partial charge in [-0.2, -0.15) is 0 Å². The van der Waals surface area contributed by atoms with Gasteiger partial charge in [-0.05, 0) is 12.8 Å². The molecule has 0 aromatic heterocycles. The van der Waals surface area contributed by atoms with E-state index in [1.54, 1.807) is 0 Å². The van der Waals surface area contributed by atoms with Crippen LogP contribution < -0.4 is 0 Å². The van der Waals surface area contributed by atoms with Crippen molar-refractivity contribution in [3.8, 4) is 0 Å². The Bertz CT molecular complexity index is 199. The molecule has 0 atom stereocenters. The maximum atomic E-state index is 11.0. The van der Waals surface area contributed by atoms with Crippen molar-refractivity contribution < 1.29 is 4.79 Å². The van der Waals surface area contributed by atoms with E-state index in [-0.39, 0.29) is 0 Å². The molecule has 0 unspecified atom stereocenters. The second-order valence-electron chi connectivity index (χ2n) is 2.81. The second kappa shape index (κ2) is 4.12. The molecule has 0 fully saturated rings. The molecular weight excluding hydrogens is 136 g/mol. The number of hydrogen-bond donors (Lipinski definition) is 0. The largest absolute Gasteiger partial charge is 0.294 e. The molecule has 0 saturated carbocycles. The van der Waals surface area contributed by atoms with E-state index in [2.05, 4.69) is 13.0 Å². The van der Waals surface area contributed by atoms with Crippen molar-refractivity contribution in [1.82, 2.24) is 0 Å². The fourth-order valence-electron chi connectivity index (χ4n) is 1.15. The zero-order valence-corrected chi connectivity index (χ0v) is 6.97. The lowest BCUT2D eigenvalue weighted by molar-refractivity contribution is -0.114. The Morgan fingerprint density at radius 2 is 2.45 bits per heavy atom. The van der Waals surface area contributed by atoms with E-state index in [0.29, 0.717) is 12.2 Å². The number of ketones is 1. The zero-order valence-electron chi connectivity index (χ0n) is 6.97. The van der Waals surface area contributed by atoms with Crippen molar-refractivity contribution in [2.45, 2.75) is 32.6 Å². The smallest absolute Gasteiger partial charge is 0.162 e. The highest BCUT2D eigenvalue weighted by Crippen LogP contribution is 2.14. The van der Waals surface area contributed by atoms with Crippen LogP contribution in [0.2, 0.25) is 0 Å². The van der Waals surface area contributed by atoms with Crippen LogP contribution in [0.15, 0.2) is 23.8 Å². The Labute approximate surface area is 67.8 Å². The maximum absolute atomic E-state index is 11.0. The molecule has 60 valence electrons. The standard InChI is InChI=1S/C10H14O/c1-2-3-4-6-9-7-5-8-10(9)11/h4,6-7H,2-3,5,8H2,1H3/b6-4-. The molecule has 1 rings (SSSR count). The van der Waals surface area contributed by atoms with E-state index < -0.39 is 0 Å². The van der Waals surface area contributed by atoms with Gasteiger partial charge in [0.1, 0.15) is 0 Å². The minimum atomic E-state index is 0.303. The Kier molecular flexibility index (Phi) is 3.09. The second-order valence-corrected chi connectivity index (χ2v) is 2.81. The minimum Gasteiger partial charge on any atom is -0.294 e. The number of carbonyl (C=O) groups excluding carboxylic acids is 1. The molecule has 1 aliphatic rings. The summed E-state index contributed by atoms with van der Waals surface area (Å²) in [5.74, 6) is 0.303. The summed E-state index contributed by atoms with van der Waals surface area (Å²) in [4.78, 5) is 11.0. The van der Waals surface area contributed by atoms with Gasteiger partial charge in [0.15, 0.2) is 5.78 Å². The molecule has 0 heterocycles. The third kappa shape index (κ3) is 2.34. The summed E-state index contributed by atoms with van der Waals surface area (Å²) in [6.45, 7) is 2.13. The maximum Gasteiger partial charge on any atom is 0.162 e. The number of unbranched alkanes of at least 4 members (excludes halogenated alkanes) is 1. The first kappa shape index (κ1) is 8.25. The summed E-state index contributed by atoms with van der Waals surface area (Å²) in [7, 11) is 0. The molecule has 0 saturated heterocycles. The third-order valence-corrected chi connectivity index (χ3v) is 1.81. The van der Waals surface area contributed by atoms with Crippen molar-refractivity contribution in [3.63, 3.8) is 0 Å². The van der Waals surface area contributed by atoms with Gasteiger partial charge in [0, 0.05) is 12.0 Å². The van der Waals surface area contributed by atoms with Crippen LogP contribution in [0, 0.1) is 0 Å². The molecule has 1 nitrogen and oxygen atoms in total. The van der Waals surface area contributed by atoms with Gasteiger partial charge in [-0.1, -0.05) is 31.6 Å². The van der Waals surface area contributed by atoms with Gasteiger partial charge < -0.3 is 0 Å². The fraction of sp³-hybridized carbons (Fsp3) is 0.500. The summed E-state index contributed by atoms with van der Waals surface area (Å²) >= 11 is 0. The predicted molar refractivity (Wildman–Crippen MR) is 46.4 cm³/mol. The first-order chi connectivity index (χ1) is 5.34. The van der Waals surface area contributed by atoms with Crippen LogP contribution in [0.5, 0.6) is 0 Å². The first-order valence-electron chi connectivity index (χ1n) is 4.24. The van der Waals surface area contributed by atoms with E-state index in [9.17, 15) is 4.79 Å². The Hall–Kier alpha value is -0.850. The lowest BCUT2D eigenvalue weighted by Gasteiger charge is -1.89. The molecule has 0 bridgehead atoms. The third-order valence-electron chi connectivity index (χ3n) is 1.81. The summed E-state index contributed by atoms with van der Waals surface area (Å²) < 4.78 is 0. The zero-order chi connectivity index (χ0) is 8.10. The van der Waals surface area contributed by atoms with Crippen LogP contribution in [0.3, 0.4) is 0 Å². The van der Waals surface area contributed by atoms with Crippen molar-refractivity contribution in [3.05, 3.63) is 23.8 Å². The molecule has 0 N–H and O–H groups in total. The molecule has 1 aliphatic carbocycles. The molecule has 0 aliphatic heterocycles. The lowest BCUT2D eigenvalue weighted by atomic mass is 10.2. The van der Waals surface area contributed by atoms with E-state index >= 15 is 0 Å². The van der Waals surface area contributed by atoms with Crippen LogP contribution >= 0.6 is 0 Å². The highest BCUT2D eigenvalue weighted by atomic mass is 16.1. The summed E-state index contributed by atoms with van der Waals surface area (Å²) in [5.41, 5.74) is 0.915. The molecule has 0 spiro atoms. The monoisotopic (exact) mass is 150 g/mol. The van der Waals surface area contributed by atoms with Gasteiger partial charge in [-0.3, -0.25) is 4.79 Å². The predicted octanol–water partition coefficient (Wildman–Crippen LogP) is 2.63. The Morgan fingerprint density at radius 3 is 3.00 bits per heavy atom.